The molecule has 0 bridgehead atoms. The average Bonchev–Trinajstić information content (AvgIpc) is 3.01. The summed E-state index contributed by atoms with van der Waals surface area (Å²) in [6.07, 6.45) is 4.33. The number of fused-ring (bicyclic) bond motifs is 1. The minimum atomic E-state index is -3.29. The molecule has 160 valence electrons. The molecule has 0 radical (unpaired) electrons. The third-order valence-electron chi connectivity index (χ3n) is 4.87. The number of nitrogens with zero attached hydrogens (tertiary/aromatic N) is 1. The van der Waals surface area contributed by atoms with Gasteiger partial charge < -0.3 is 14.7 Å². The second kappa shape index (κ2) is 7.66. The van der Waals surface area contributed by atoms with Crippen molar-refractivity contribution in [1.82, 2.24) is 9.38 Å². The Morgan fingerprint density at radius 2 is 1.81 bits per heavy atom. The van der Waals surface area contributed by atoms with Crippen molar-refractivity contribution < 1.29 is 17.2 Å². The quantitative estimate of drug-likeness (QED) is 0.485. The van der Waals surface area contributed by atoms with E-state index < -0.39 is 21.5 Å². The number of halogens is 2. The Morgan fingerprint density at radius 3 is 2.52 bits per heavy atom. The second-order valence-corrected chi connectivity index (χ2v) is 9.56. The highest BCUT2D eigenvalue weighted by Crippen LogP contribution is 2.34. The van der Waals surface area contributed by atoms with Crippen LogP contribution in [0.15, 0.2) is 59.7 Å². The van der Waals surface area contributed by atoms with Crippen molar-refractivity contribution in [2.45, 2.75) is 12.7 Å². The predicted octanol–water partition coefficient (Wildman–Crippen LogP) is 4.17. The molecule has 6 nitrogen and oxygen atoms in total. The van der Waals surface area contributed by atoms with Crippen LogP contribution in [0.2, 0.25) is 0 Å². The van der Waals surface area contributed by atoms with Crippen LogP contribution in [0.3, 0.4) is 0 Å². The molecule has 0 aliphatic heterocycles. The SMILES string of the molecule is Cc1cc(-c2cc(CS(C)(=O)=O)ccc2Nc2ccc(F)cc2F)n2cc[nH]c(=O)c12. The van der Waals surface area contributed by atoms with Gasteiger partial charge in [-0.1, -0.05) is 6.07 Å². The van der Waals surface area contributed by atoms with E-state index in [1.54, 1.807) is 41.8 Å². The van der Waals surface area contributed by atoms with Crippen molar-refractivity contribution in [2.75, 3.05) is 11.6 Å². The highest BCUT2D eigenvalue weighted by Gasteiger charge is 2.17. The fourth-order valence-corrected chi connectivity index (χ4v) is 4.39. The van der Waals surface area contributed by atoms with Crippen LogP contribution in [0.4, 0.5) is 20.2 Å². The largest absolute Gasteiger partial charge is 0.353 e. The van der Waals surface area contributed by atoms with Gasteiger partial charge in [0.2, 0.25) is 0 Å². The molecule has 2 aromatic heterocycles. The summed E-state index contributed by atoms with van der Waals surface area (Å²) in [7, 11) is -3.29. The van der Waals surface area contributed by atoms with Gasteiger partial charge in [0.25, 0.3) is 5.56 Å². The number of aromatic nitrogens is 2. The summed E-state index contributed by atoms with van der Waals surface area (Å²) < 4.78 is 52.9. The van der Waals surface area contributed by atoms with Crippen LogP contribution in [-0.4, -0.2) is 24.1 Å². The van der Waals surface area contributed by atoms with Crippen LogP contribution in [0.25, 0.3) is 16.8 Å². The number of rotatable bonds is 5. The van der Waals surface area contributed by atoms with Crippen molar-refractivity contribution in [3.05, 3.63) is 88.0 Å². The van der Waals surface area contributed by atoms with Crippen molar-refractivity contribution >= 4 is 26.7 Å². The molecule has 0 saturated carbocycles. The average molecular weight is 443 g/mol. The lowest BCUT2D eigenvalue weighted by Crippen LogP contribution is -2.09. The van der Waals surface area contributed by atoms with E-state index in [4.69, 9.17) is 0 Å². The Hall–Kier alpha value is -3.46. The molecule has 31 heavy (non-hydrogen) atoms. The Bertz CT molecular complexity index is 1470. The summed E-state index contributed by atoms with van der Waals surface area (Å²) in [5.41, 5.74) is 3.18. The fourth-order valence-electron chi connectivity index (χ4n) is 3.60. The first-order valence-electron chi connectivity index (χ1n) is 9.35. The molecule has 0 aliphatic carbocycles. The maximum Gasteiger partial charge on any atom is 0.272 e. The lowest BCUT2D eigenvalue weighted by atomic mass is 10.1. The summed E-state index contributed by atoms with van der Waals surface area (Å²) in [6, 6.07) is 9.95. The fraction of sp³-hybridized carbons (Fsp3) is 0.136. The molecule has 0 aliphatic rings. The van der Waals surface area contributed by atoms with Crippen LogP contribution >= 0.6 is 0 Å². The van der Waals surface area contributed by atoms with Crippen LogP contribution in [0, 0.1) is 18.6 Å². The molecule has 9 heteroatoms. The van der Waals surface area contributed by atoms with E-state index in [0.717, 1.165) is 24.0 Å². The number of aryl methyl sites for hydroxylation is 1. The van der Waals surface area contributed by atoms with Gasteiger partial charge >= 0.3 is 0 Å². The smallest absolute Gasteiger partial charge is 0.272 e. The number of nitrogens with one attached hydrogen (secondary N) is 2. The van der Waals surface area contributed by atoms with Gasteiger partial charge in [0.15, 0.2) is 9.84 Å². The van der Waals surface area contributed by atoms with E-state index in [9.17, 15) is 22.0 Å². The first kappa shape index (κ1) is 20.8. The minimum absolute atomic E-state index is 0.0638. The molecule has 0 atom stereocenters. The van der Waals surface area contributed by atoms with Gasteiger partial charge in [0.05, 0.1) is 17.1 Å². The van der Waals surface area contributed by atoms with Gasteiger partial charge in [0, 0.05) is 36.0 Å². The topological polar surface area (TPSA) is 83.4 Å². The van der Waals surface area contributed by atoms with Crippen molar-refractivity contribution in [3.8, 4) is 11.3 Å². The van der Waals surface area contributed by atoms with Gasteiger partial charge in [-0.25, -0.2) is 17.2 Å². The molecule has 0 amide bonds. The molecular formula is C22H19F2N3O3S. The van der Waals surface area contributed by atoms with Crippen LogP contribution in [0.1, 0.15) is 11.1 Å². The highest BCUT2D eigenvalue weighted by atomic mass is 32.2. The standard InChI is InChI=1S/C22H19F2N3O3S/c1-13-9-20(27-8-7-25-22(28)21(13)27)16-10-14(12-31(2,29)30)3-5-18(16)26-19-6-4-15(23)11-17(19)24/h3-11,26H,12H2,1-2H3,(H,25,28). The van der Waals surface area contributed by atoms with Crippen molar-refractivity contribution in [2.24, 2.45) is 0 Å². The normalized spacial score (nSPS) is 11.7. The summed E-state index contributed by atoms with van der Waals surface area (Å²) in [5.74, 6) is -1.63. The van der Waals surface area contributed by atoms with Gasteiger partial charge in [-0.05, 0) is 48.4 Å². The predicted molar refractivity (Wildman–Crippen MR) is 116 cm³/mol. The zero-order valence-corrected chi connectivity index (χ0v) is 17.6. The molecule has 0 spiro atoms. The number of hydrogen-bond donors (Lipinski definition) is 2. The highest BCUT2D eigenvalue weighted by molar-refractivity contribution is 7.89. The molecule has 4 rings (SSSR count). The zero-order valence-electron chi connectivity index (χ0n) is 16.7. The van der Waals surface area contributed by atoms with Gasteiger partial charge in [-0.2, -0.15) is 0 Å². The zero-order chi connectivity index (χ0) is 22.3. The van der Waals surface area contributed by atoms with E-state index in [2.05, 4.69) is 10.3 Å². The minimum Gasteiger partial charge on any atom is -0.353 e. The Balaban J connectivity index is 1.93. The first-order chi connectivity index (χ1) is 14.6. The molecule has 2 heterocycles. The number of anilines is 2. The first-order valence-corrected chi connectivity index (χ1v) is 11.4. The molecule has 4 aromatic rings. The van der Waals surface area contributed by atoms with E-state index in [1.165, 1.54) is 12.3 Å². The number of hydrogen-bond acceptors (Lipinski definition) is 4. The van der Waals surface area contributed by atoms with E-state index in [-0.39, 0.29) is 17.0 Å². The van der Waals surface area contributed by atoms with Crippen LogP contribution in [-0.2, 0) is 15.6 Å². The summed E-state index contributed by atoms with van der Waals surface area (Å²) in [6.45, 7) is 1.79. The Kier molecular flexibility index (Phi) is 5.14. The molecule has 0 saturated heterocycles. The van der Waals surface area contributed by atoms with E-state index >= 15 is 0 Å². The van der Waals surface area contributed by atoms with Gasteiger partial charge in [0.1, 0.15) is 17.2 Å². The lowest BCUT2D eigenvalue weighted by molar-refractivity contribution is 0.586. The Morgan fingerprint density at radius 1 is 1.06 bits per heavy atom. The monoisotopic (exact) mass is 443 g/mol. The van der Waals surface area contributed by atoms with Gasteiger partial charge in [-0.3, -0.25) is 4.79 Å². The molecule has 2 aromatic carbocycles. The second-order valence-electron chi connectivity index (χ2n) is 7.42. The van der Waals surface area contributed by atoms with E-state index in [1.807, 2.05) is 0 Å². The summed E-state index contributed by atoms with van der Waals surface area (Å²) in [4.78, 5) is 14.9. The molecule has 2 N–H and O–H groups in total. The van der Waals surface area contributed by atoms with Gasteiger partial charge in [-0.15, -0.1) is 0 Å². The maximum absolute atomic E-state index is 14.2. The molecule has 0 unspecified atom stereocenters. The van der Waals surface area contributed by atoms with E-state index in [0.29, 0.717) is 28.0 Å². The third kappa shape index (κ3) is 4.22. The number of benzene rings is 2. The third-order valence-corrected chi connectivity index (χ3v) is 5.73. The number of H-pyrrole nitrogens is 1. The van der Waals surface area contributed by atoms with Crippen LogP contribution < -0.4 is 10.9 Å². The lowest BCUT2D eigenvalue weighted by Gasteiger charge is -2.15. The number of aromatic amines is 1. The van der Waals surface area contributed by atoms with Crippen LogP contribution in [0.5, 0.6) is 0 Å². The molecule has 0 fully saturated rings. The summed E-state index contributed by atoms with van der Waals surface area (Å²) >= 11 is 0. The van der Waals surface area contributed by atoms with Crippen molar-refractivity contribution in [3.63, 3.8) is 0 Å². The molecular weight excluding hydrogens is 424 g/mol. The maximum atomic E-state index is 14.2. The Labute approximate surface area is 177 Å². The summed E-state index contributed by atoms with van der Waals surface area (Å²) in [5, 5.41) is 2.95. The number of sulfone groups is 1. The van der Waals surface area contributed by atoms with Crippen molar-refractivity contribution in [1.29, 1.82) is 0 Å².